The fourth-order valence-electron chi connectivity index (χ4n) is 4.34. The Balaban J connectivity index is 1.78. The number of ether oxygens (including phenoxy) is 2. The van der Waals surface area contributed by atoms with Crippen LogP contribution in [0.25, 0.3) is 0 Å². The van der Waals surface area contributed by atoms with Crippen LogP contribution in [0.2, 0.25) is 0 Å². The van der Waals surface area contributed by atoms with E-state index in [4.69, 9.17) is 9.47 Å². The van der Waals surface area contributed by atoms with E-state index in [1.165, 1.54) is 18.9 Å². The molecule has 5 atom stereocenters. The molecule has 4 nitrogen and oxygen atoms in total. The minimum absolute atomic E-state index is 0.0142. The number of carbonyl (C=O) groups is 2. The summed E-state index contributed by atoms with van der Waals surface area (Å²) in [5.74, 6) is -0.562. The van der Waals surface area contributed by atoms with Crippen LogP contribution in [0.3, 0.4) is 0 Å². The van der Waals surface area contributed by atoms with Gasteiger partial charge in [-0.05, 0) is 30.9 Å². The van der Waals surface area contributed by atoms with E-state index in [0.29, 0.717) is 0 Å². The minimum atomic E-state index is -0.790. The van der Waals surface area contributed by atoms with Gasteiger partial charge in [0.25, 0.3) is 0 Å². The molecule has 0 amide bonds. The molecule has 0 radical (unpaired) electrons. The van der Waals surface area contributed by atoms with E-state index in [1.54, 1.807) is 0 Å². The first kappa shape index (κ1) is 13.2. The summed E-state index contributed by atoms with van der Waals surface area (Å²) in [7, 11) is 1.40. The highest BCUT2D eigenvalue weighted by atomic mass is 32.2. The van der Waals surface area contributed by atoms with Crippen LogP contribution in [0.15, 0.2) is 35.2 Å². The molecule has 1 aliphatic heterocycles. The molecule has 1 heterocycles. The molecule has 1 aromatic carbocycles. The van der Waals surface area contributed by atoms with Gasteiger partial charge in [0, 0.05) is 10.8 Å². The highest BCUT2D eigenvalue weighted by molar-refractivity contribution is 8.01. The minimum Gasteiger partial charge on any atom is -0.469 e. The molecule has 1 aromatic rings. The predicted octanol–water partition coefficient (Wildman–Crippen LogP) is 2.27. The third-order valence-corrected chi connectivity index (χ3v) is 6.66. The first-order valence-corrected chi connectivity index (χ1v) is 8.01. The summed E-state index contributed by atoms with van der Waals surface area (Å²) in [4.78, 5) is 25.9. The van der Waals surface area contributed by atoms with Crippen LogP contribution in [0, 0.1) is 17.8 Å². The summed E-state index contributed by atoms with van der Waals surface area (Å²) >= 11 is 1.49. The fraction of sp³-hybridized carbons (Fsp3) is 0.500. The van der Waals surface area contributed by atoms with E-state index in [9.17, 15) is 9.59 Å². The molecule has 3 fully saturated rings. The van der Waals surface area contributed by atoms with Gasteiger partial charge in [-0.25, -0.2) is 0 Å². The number of methoxy groups -OCH3 is 1. The molecule has 3 aliphatic rings. The molecule has 0 aromatic heterocycles. The van der Waals surface area contributed by atoms with Crippen molar-refractivity contribution in [1.82, 2.24) is 0 Å². The van der Waals surface area contributed by atoms with E-state index in [2.05, 4.69) is 0 Å². The molecule has 4 rings (SSSR count). The lowest BCUT2D eigenvalue weighted by Gasteiger charge is -2.33. The van der Waals surface area contributed by atoms with Crippen LogP contribution in [0.5, 0.6) is 0 Å². The Morgan fingerprint density at radius 2 is 2.10 bits per heavy atom. The van der Waals surface area contributed by atoms with E-state index >= 15 is 0 Å². The summed E-state index contributed by atoms with van der Waals surface area (Å²) in [6.07, 6.45) is 1.67. The maximum absolute atomic E-state index is 12.6. The third-order valence-electron chi connectivity index (χ3n) is 5.09. The van der Waals surface area contributed by atoms with E-state index in [1.807, 2.05) is 30.3 Å². The summed E-state index contributed by atoms with van der Waals surface area (Å²) in [5, 5.41) is 0. The molecule has 1 saturated heterocycles. The molecule has 21 heavy (non-hydrogen) atoms. The number of benzene rings is 1. The largest absolute Gasteiger partial charge is 0.469 e. The number of esters is 2. The lowest BCUT2D eigenvalue weighted by molar-refractivity contribution is -0.152. The summed E-state index contributed by atoms with van der Waals surface area (Å²) in [5.41, 5.74) is 0. The zero-order valence-electron chi connectivity index (χ0n) is 11.7. The molecule has 2 bridgehead atoms. The predicted molar refractivity (Wildman–Crippen MR) is 76.6 cm³/mol. The van der Waals surface area contributed by atoms with E-state index in [-0.39, 0.29) is 35.8 Å². The Morgan fingerprint density at radius 3 is 2.81 bits per heavy atom. The van der Waals surface area contributed by atoms with Crippen LogP contribution in [-0.4, -0.2) is 29.9 Å². The van der Waals surface area contributed by atoms with Crippen molar-refractivity contribution in [1.29, 1.82) is 0 Å². The third kappa shape index (κ3) is 1.64. The molecule has 0 spiro atoms. The number of carbonyl (C=O) groups excluding carboxylic acids is 2. The second-order valence-corrected chi connectivity index (χ2v) is 7.34. The zero-order valence-corrected chi connectivity index (χ0v) is 12.5. The Kier molecular flexibility index (Phi) is 2.83. The topological polar surface area (TPSA) is 52.6 Å². The number of hydrogen-bond acceptors (Lipinski definition) is 5. The van der Waals surface area contributed by atoms with Crippen molar-refractivity contribution in [2.75, 3.05) is 7.11 Å². The van der Waals surface area contributed by atoms with Crippen LogP contribution >= 0.6 is 11.8 Å². The van der Waals surface area contributed by atoms with Crippen LogP contribution in [-0.2, 0) is 19.1 Å². The second kappa shape index (κ2) is 4.50. The van der Waals surface area contributed by atoms with Gasteiger partial charge in [0.2, 0.25) is 0 Å². The van der Waals surface area contributed by atoms with Crippen LogP contribution in [0.1, 0.15) is 12.8 Å². The maximum atomic E-state index is 12.6. The Hall–Kier alpha value is -1.49. The van der Waals surface area contributed by atoms with Crippen molar-refractivity contribution in [3.8, 4) is 0 Å². The maximum Gasteiger partial charge on any atom is 0.324 e. The van der Waals surface area contributed by atoms with Crippen molar-refractivity contribution in [3.05, 3.63) is 30.3 Å². The average molecular weight is 304 g/mol. The standard InChI is InChI=1S/C16H16O4S/c1-19-14(17)13-9-7-11-12(8-9)20-15(18)16(11,13)21-10-5-3-2-4-6-10/h2-6,9,11-13H,7-8H2,1H3/t9-,11+,12+,13+,16+/m1/s1. The quantitative estimate of drug-likeness (QED) is 0.802. The molecule has 5 heteroatoms. The smallest absolute Gasteiger partial charge is 0.324 e. The second-order valence-electron chi connectivity index (χ2n) is 5.99. The number of rotatable bonds is 3. The monoisotopic (exact) mass is 304 g/mol. The first-order valence-electron chi connectivity index (χ1n) is 7.20. The van der Waals surface area contributed by atoms with Gasteiger partial charge in [-0.15, -0.1) is 11.8 Å². The molecule has 0 N–H and O–H groups in total. The lowest BCUT2D eigenvalue weighted by atomic mass is 9.79. The van der Waals surface area contributed by atoms with Gasteiger partial charge < -0.3 is 9.47 Å². The van der Waals surface area contributed by atoms with Crippen molar-refractivity contribution in [3.63, 3.8) is 0 Å². The van der Waals surface area contributed by atoms with Gasteiger partial charge in [0.15, 0.2) is 0 Å². The number of hydrogen-bond donors (Lipinski definition) is 0. The van der Waals surface area contributed by atoms with Crippen LogP contribution in [0.4, 0.5) is 0 Å². The highest BCUT2D eigenvalue weighted by Crippen LogP contribution is 2.66. The van der Waals surface area contributed by atoms with Crippen molar-refractivity contribution in [2.45, 2.75) is 28.6 Å². The summed E-state index contributed by atoms with van der Waals surface area (Å²) < 4.78 is 9.77. The Labute approximate surface area is 127 Å². The molecule has 2 saturated carbocycles. The summed E-state index contributed by atoms with van der Waals surface area (Å²) in [6.45, 7) is 0. The van der Waals surface area contributed by atoms with Gasteiger partial charge in [-0.2, -0.15) is 0 Å². The summed E-state index contributed by atoms with van der Waals surface area (Å²) in [6, 6.07) is 9.77. The zero-order chi connectivity index (χ0) is 14.6. The number of thioether (sulfide) groups is 1. The number of fused-ring (bicyclic) bond motifs is 1. The molecular formula is C16H16O4S. The normalized spacial score (nSPS) is 39.4. The van der Waals surface area contributed by atoms with Crippen molar-refractivity contribution in [2.24, 2.45) is 17.8 Å². The van der Waals surface area contributed by atoms with Crippen molar-refractivity contribution >= 4 is 23.7 Å². The molecule has 2 aliphatic carbocycles. The fourth-order valence-corrected chi connectivity index (χ4v) is 5.97. The van der Waals surface area contributed by atoms with Crippen molar-refractivity contribution < 1.29 is 19.1 Å². The van der Waals surface area contributed by atoms with E-state index < -0.39 is 4.75 Å². The van der Waals surface area contributed by atoms with E-state index in [0.717, 1.165) is 17.7 Å². The van der Waals surface area contributed by atoms with Gasteiger partial charge in [0.05, 0.1) is 13.0 Å². The average Bonchev–Trinajstić information content (AvgIpc) is 3.07. The van der Waals surface area contributed by atoms with Gasteiger partial charge in [0.1, 0.15) is 10.9 Å². The molecular weight excluding hydrogens is 288 g/mol. The Bertz CT molecular complexity index is 602. The highest BCUT2D eigenvalue weighted by Gasteiger charge is 2.74. The lowest BCUT2D eigenvalue weighted by Crippen LogP contribution is -2.47. The SMILES string of the molecule is COC(=O)[C@@H]1[C@H]2C[C@@H]3OC(=O)[C@]1(Sc1ccccc1)[C@H]3C2. The Morgan fingerprint density at radius 1 is 1.33 bits per heavy atom. The van der Waals surface area contributed by atoms with Gasteiger partial charge >= 0.3 is 11.9 Å². The molecule has 0 unspecified atom stereocenters. The first-order chi connectivity index (χ1) is 10.2. The van der Waals surface area contributed by atoms with Gasteiger partial charge in [-0.1, -0.05) is 18.2 Å². The van der Waals surface area contributed by atoms with Crippen LogP contribution < -0.4 is 0 Å². The molecule has 110 valence electrons. The van der Waals surface area contributed by atoms with Gasteiger partial charge in [-0.3, -0.25) is 9.59 Å².